The Morgan fingerprint density at radius 1 is 1.20 bits per heavy atom. The molecule has 20 heavy (non-hydrogen) atoms. The van der Waals surface area contributed by atoms with Crippen molar-refractivity contribution in [2.75, 3.05) is 19.7 Å². The third-order valence-corrected chi connectivity index (χ3v) is 3.90. The van der Waals surface area contributed by atoms with Crippen LogP contribution in [0.3, 0.4) is 0 Å². The molecule has 0 bridgehead atoms. The van der Waals surface area contributed by atoms with Crippen molar-refractivity contribution in [2.24, 2.45) is 0 Å². The van der Waals surface area contributed by atoms with Gasteiger partial charge < -0.3 is 10.4 Å². The van der Waals surface area contributed by atoms with Crippen LogP contribution in [0, 0.1) is 5.82 Å². The standard InChI is InChI=1S/C12H17FN2O4S/c13-10-2-4-11(5-3-10)20(18,19)15-8-6-12(17)14-7-1-9-16/h2-5,15-16H,1,6-9H2,(H,14,17). The van der Waals surface area contributed by atoms with Crippen LogP contribution in [0.15, 0.2) is 29.2 Å². The predicted molar refractivity (Wildman–Crippen MR) is 70.9 cm³/mol. The van der Waals surface area contributed by atoms with Crippen molar-refractivity contribution in [1.82, 2.24) is 10.0 Å². The predicted octanol–water partition coefficient (Wildman–Crippen LogP) is -0.00730. The molecule has 0 fully saturated rings. The normalized spacial score (nSPS) is 11.3. The molecular weight excluding hydrogens is 287 g/mol. The fourth-order valence-electron chi connectivity index (χ4n) is 1.39. The van der Waals surface area contributed by atoms with Crippen molar-refractivity contribution >= 4 is 15.9 Å². The Bertz CT molecular complexity index is 531. The van der Waals surface area contributed by atoms with Gasteiger partial charge in [0.2, 0.25) is 15.9 Å². The third kappa shape index (κ3) is 5.64. The van der Waals surface area contributed by atoms with Gasteiger partial charge in [0.15, 0.2) is 0 Å². The quantitative estimate of drug-likeness (QED) is 0.589. The minimum Gasteiger partial charge on any atom is -0.396 e. The van der Waals surface area contributed by atoms with Gasteiger partial charge >= 0.3 is 0 Å². The molecule has 112 valence electrons. The van der Waals surface area contributed by atoms with Crippen LogP contribution in [0.4, 0.5) is 4.39 Å². The first-order valence-electron chi connectivity index (χ1n) is 6.08. The molecule has 1 rings (SSSR count). The molecule has 0 radical (unpaired) electrons. The summed E-state index contributed by atoms with van der Waals surface area (Å²) >= 11 is 0. The minimum atomic E-state index is -3.73. The smallest absolute Gasteiger partial charge is 0.240 e. The van der Waals surface area contributed by atoms with Crippen LogP contribution in [-0.2, 0) is 14.8 Å². The summed E-state index contributed by atoms with van der Waals surface area (Å²) in [4.78, 5) is 11.3. The molecule has 1 aromatic carbocycles. The van der Waals surface area contributed by atoms with Gasteiger partial charge in [-0.3, -0.25) is 4.79 Å². The number of amides is 1. The second kappa shape index (κ2) is 7.93. The first kappa shape index (κ1) is 16.5. The first-order valence-corrected chi connectivity index (χ1v) is 7.57. The molecule has 0 unspecified atom stereocenters. The molecular formula is C12H17FN2O4S. The van der Waals surface area contributed by atoms with Gasteiger partial charge in [-0.25, -0.2) is 17.5 Å². The minimum absolute atomic E-state index is 0.00808. The Morgan fingerprint density at radius 2 is 1.85 bits per heavy atom. The average molecular weight is 304 g/mol. The summed E-state index contributed by atoms with van der Waals surface area (Å²) in [5.41, 5.74) is 0. The van der Waals surface area contributed by atoms with E-state index in [1.165, 1.54) is 0 Å². The van der Waals surface area contributed by atoms with Crippen LogP contribution in [0.25, 0.3) is 0 Å². The van der Waals surface area contributed by atoms with Gasteiger partial charge in [0.25, 0.3) is 0 Å². The highest BCUT2D eigenvalue weighted by Gasteiger charge is 2.13. The van der Waals surface area contributed by atoms with E-state index in [0.29, 0.717) is 13.0 Å². The number of aliphatic hydroxyl groups excluding tert-OH is 1. The summed E-state index contributed by atoms with van der Waals surface area (Å²) in [6.07, 6.45) is 0.443. The van der Waals surface area contributed by atoms with Crippen molar-refractivity contribution < 1.29 is 22.7 Å². The number of hydrogen-bond donors (Lipinski definition) is 3. The van der Waals surface area contributed by atoms with Gasteiger partial charge in [-0.2, -0.15) is 0 Å². The van der Waals surface area contributed by atoms with Crippen LogP contribution in [-0.4, -0.2) is 39.1 Å². The fraction of sp³-hybridized carbons (Fsp3) is 0.417. The SMILES string of the molecule is O=C(CCNS(=O)(=O)c1ccc(F)cc1)NCCCO. The van der Waals surface area contributed by atoms with E-state index < -0.39 is 15.8 Å². The fourth-order valence-corrected chi connectivity index (χ4v) is 2.42. The van der Waals surface area contributed by atoms with Crippen molar-refractivity contribution in [3.8, 4) is 0 Å². The molecule has 0 saturated carbocycles. The van der Waals surface area contributed by atoms with Gasteiger partial charge in [0.1, 0.15) is 5.82 Å². The number of halogens is 1. The Labute approximate surface area is 117 Å². The van der Waals surface area contributed by atoms with E-state index in [9.17, 15) is 17.6 Å². The highest BCUT2D eigenvalue weighted by molar-refractivity contribution is 7.89. The van der Waals surface area contributed by atoms with Crippen molar-refractivity contribution in [3.05, 3.63) is 30.1 Å². The van der Waals surface area contributed by atoms with Crippen molar-refractivity contribution in [1.29, 1.82) is 0 Å². The zero-order valence-corrected chi connectivity index (χ0v) is 11.6. The number of aliphatic hydroxyl groups is 1. The lowest BCUT2D eigenvalue weighted by atomic mass is 10.4. The lowest BCUT2D eigenvalue weighted by Gasteiger charge is -2.07. The van der Waals surface area contributed by atoms with E-state index in [1.54, 1.807) is 0 Å². The number of rotatable bonds is 8. The molecule has 0 aromatic heterocycles. The van der Waals surface area contributed by atoms with Crippen LogP contribution < -0.4 is 10.0 Å². The molecule has 3 N–H and O–H groups in total. The number of carbonyl (C=O) groups excluding carboxylic acids is 1. The number of hydrogen-bond acceptors (Lipinski definition) is 4. The number of nitrogens with one attached hydrogen (secondary N) is 2. The molecule has 6 nitrogen and oxygen atoms in total. The molecule has 8 heteroatoms. The second-order valence-corrected chi connectivity index (χ2v) is 5.80. The molecule has 1 amide bonds. The van der Waals surface area contributed by atoms with Gasteiger partial charge in [0.05, 0.1) is 4.90 Å². The van der Waals surface area contributed by atoms with E-state index in [4.69, 9.17) is 5.11 Å². The van der Waals surface area contributed by atoms with Crippen molar-refractivity contribution in [2.45, 2.75) is 17.7 Å². The highest BCUT2D eigenvalue weighted by Crippen LogP contribution is 2.09. The van der Waals surface area contributed by atoms with E-state index in [-0.39, 0.29) is 30.4 Å². The monoisotopic (exact) mass is 304 g/mol. The molecule has 0 atom stereocenters. The Kier molecular flexibility index (Phi) is 6.56. The third-order valence-electron chi connectivity index (χ3n) is 2.43. The van der Waals surface area contributed by atoms with Crippen LogP contribution >= 0.6 is 0 Å². The lowest BCUT2D eigenvalue weighted by molar-refractivity contribution is -0.120. The first-order chi connectivity index (χ1) is 9.45. The van der Waals surface area contributed by atoms with Gasteiger partial charge in [-0.05, 0) is 30.7 Å². The van der Waals surface area contributed by atoms with E-state index in [2.05, 4.69) is 10.0 Å². The van der Waals surface area contributed by atoms with Crippen LogP contribution in [0.2, 0.25) is 0 Å². The van der Waals surface area contributed by atoms with E-state index in [1.807, 2.05) is 0 Å². The zero-order valence-electron chi connectivity index (χ0n) is 10.8. The Morgan fingerprint density at radius 3 is 2.45 bits per heavy atom. The Balaban J connectivity index is 2.40. The molecule has 0 aliphatic carbocycles. The Hall–Kier alpha value is -1.51. The van der Waals surface area contributed by atoms with E-state index in [0.717, 1.165) is 24.3 Å². The summed E-state index contributed by atoms with van der Waals surface area (Å²) in [5, 5.41) is 11.1. The molecule has 0 aliphatic rings. The summed E-state index contributed by atoms with van der Waals surface area (Å²) < 4.78 is 38.5. The van der Waals surface area contributed by atoms with Crippen LogP contribution in [0.5, 0.6) is 0 Å². The summed E-state index contributed by atoms with van der Waals surface area (Å²) in [7, 11) is -3.73. The largest absolute Gasteiger partial charge is 0.396 e. The molecule has 0 saturated heterocycles. The van der Waals surface area contributed by atoms with Gasteiger partial charge in [0, 0.05) is 26.1 Å². The number of carbonyl (C=O) groups is 1. The summed E-state index contributed by atoms with van der Waals surface area (Å²) in [6.45, 7) is 0.280. The van der Waals surface area contributed by atoms with Crippen molar-refractivity contribution in [3.63, 3.8) is 0 Å². The van der Waals surface area contributed by atoms with Crippen LogP contribution in [0.1, 0.15) is 12.8 Å². The maximum atomic E-state index is 12.7. The number of benzene rings is 1. The molecule has 0 spiro atoms. The lowest BCUT2D eigenvalue weighted by Crippen LogP contribution is -2.31. The maximum absolute atomic E-state index is 12.7. The van der Waals surface area contributed by atoms with E-state index >= 15 is 0 Å². The number of sulfonamides is 1. The zero-order chi connectivity index (χ0) is 15.0. The topological polar surface area (TPSA) is 95.5 Å². The molecule has 0 heterocycles. The molecule has 0 aliphatic heterocycles. The van der Waals surface area contributed by atoms with Gasteiger partial charge in [-0.1, -0.05) is 0 Å². The average Bonchev–Trinajstić information content (AvgIpc) is 2.39. The summed E-state index contributed by atoms with van der Waals surface area (Å²) in [5.74, 6) is -0.826. The summed E-state index contributed by atoms with van der Waals surface area (Å²) in [6, 6.07) is 4.41. The molecule has 1 aromatic rings. The second-order valence-electron chi connectivity index (χ2n) is 4.03. The maximum Gasteiger partial charge on any atom is 0.240 e. The van der Waals surface area contributed by atoms with Gasteiger partial charge in [-0.15, -0.1) is 0 Å². The highest BCUT2D eigenvalue weighted by atomic mass is 32.2.